The molecular formula is C17H25NO2. The number of hydrogen-bond donors (Lipinski definition) is 1. The fraction of sp³-hybridized carbons (Fsp3) is 0.529. The largest absolute Gasteiger partial charge is 0.492 e. The van der Waals surface area contributed by atoms with Crippen LogP contribution in [-0.2, 0) is 0 Å². The van der Waals surface area contributed by atoms with E-state index in [1.807, 2.05) is 25.1 Å². The highest BCUT2D eigenvalue weighted by molar-refractivity contribution is 5.44. The van der Waals surface area contributed by atoms with Crippen molar-refractivity contribution >= 4 is 0 Å². The van der Waals surface area contributed by atoms with Crippen molar-refractivity contribution < 1.29 is 9.84 Å². The van der Waals surface area contributed by atoms with Gasteiger partial charge >= 0.3 is 0 Å². The summed E-state index contributed by atoms with van der Waals surface area (Å²) in [5, 5.41) is 8.71. The Morgan fingerprint density at radius 1 is 1.25 bits per heavy atom. The number of hydrogen-bond acceptors (Lipinski definition) is 3. The number of likely N-dealkylation sites (N-methyl/N-ethyl adjacent to an activating group) is 1. The van der Waals surface area contributed by atoms with E-state index >= 15 is 0 Å². The lowest BCUT2D eigenvalue weighted by Crippen LogP contribution is -2.27. The average molecular weight is 275 g/mol. The summed E-state index contributed by atoms with van der Waals surface area (Å²) in [5.74, 6) is 6.89. The SMILES string of the molecule is CCN(CC)CCOc1ccc(C#CCCO)c(C)c1. The number of nitrogens with zero attached hydrogens (tertiary/aromatic N) is 1. The second kappa shape index (κ2) is 9.41. The number of rotatable bonds is 7. The van der Waals surface area contributed by atoms with E-state index in [4.69, 9.17) is 9.84 Å². The minimum Gasteiger partial charge on any atom is -0.492 e. The Balaban J connectivity index is 2.53. The molecule has 0 fully saturated rings. The van der Waals surface area contributed by atoms with Crippen molar-refractivity contribution in [2.24, 2.45) is 0 Å². The highest BCUT2D eigenvalue weighted by atomic mass is 16.5. The molecule has 0 atom stereocenters. The molecule has 1 aromatic rings. The van der Waals surface area contributed by atoms with Crippen molar-refractivity contribution in [3.63, 3.8) is 0 Å². The van der Waals surface area contributed by atoms with Gasteiger partial charge in [0.05, 0.1) is 6.61 Å². The third-order valence-corrected chi connectivity index (χ3v) is 3.23. The maximum Gasteiger partial charge on any atom is 0.119 e. The standard InChI is InChI=1S/C17H25NO2/c1-4-18(5-2)11-13-20-17-10-9-16(15(3)14-17)8-6-7-12-19/h9-10,14,19H,4-5,7,11-13H2,1-3H3. The quantitative estimate of drug-likeness (QED) is 0.776. The van der Waals surface area contributed by atoms with E-state index in [9.17, 15) is 0 Å². The molecule has 0 spiro atoms. The van der Waals surface area contributed by atoms with Crippen molar-refractivity contribution in [3.8, 4) is 17.6 Å². The van der Waals surface area contributed by atoms with Gasteiger partial charge in [-0.1, -0.05) is 25.7 Å². The molecule has 0 heterocycles. The van der Waals surface area contributed by atoms with Crippen LogP contribution in [0, 0.1) is 18.8 Å². The lowest BCUT2D eigenvalue weighted by atomic mass is 10.1. The summed E-state index contributed by atoms with van der Waals surface area (Å²) in [6.07, 6.45) is 0.515. The van der Waals surface area contributed by atoms with E-state index in [0.717, 1.165) is 36.5 Å². The van der Waals surface area contributed by atoms with Crippen LogP contribution in [0.1, 0.15) is 31.4 Å². The zero-order valence-electron chi connectivity index (χ0n) is 12.8. The molecule has 0 saturated carbocycles. The zero-order valence-corrected chi connectivity index (χ0v) is 12.8. The molecule has 20 heavy (non-hydrogen) atoms. The fourth-order valence-electron chi connectivity index (χ4n) is 1.91. The summed E-state index contributed by atoms with van der Waals surface area (Å²) in [4.78, 5) is 2.33. The Morgan fingerprint density at radius 3 is 2.60 bits per heavy atom. The van der Waals surface area contributed by atoms with Crippen molar-refractivity contribution in [3.05, 3.63) is 29.3 Å². The van der Waals surface area contributed by atoms with E-state index in [1.165, 1.54) is 0 Å². The second-order valence-electron chi connectivity index (χ2n) is 4.63. The molecule has 1 aromatic carbocycles. The Bertz CT molecular complexity index is 456. The molecule has 1 rings (SSSR count). The smallest absolute Gasteiger partial charge is 0.119 e. The summed E-state index contributed by atoms with van der Waals surface area (Å²) in [7, 11) is 0. The minimum absolute atomic E-state index is 0.110. The van der Waals surface area contributed by atoms with Crippen LogP contribution in [0.4, 0.5) is 0 Å². The predicted octanol–water partition coefficient (Wildman–Crippen LogP) is 2.45. The van der Waals surface area contributed by atoms with Crippen LogP contribution in [-0.4, -0.2) is 42.9 Å². The number of ether oxygens (including phenoxy) is 1. The van der Waals surface area contributed by atoms with Crippen molar-refractivity contribution in [2.45, 2.75) is 27.2 Å². The maximum absolute atomic E-state index is 8.71. The first kappa shape index (κ1) is 16.6. The average Bonchev–Trinajstić information content (AvgIpc) is 2.46. The predicted molar refractivity (Wildman–Crippen MR) is 83.0 cm³/mol. The van der Waals surface area contributed by atoms with Crippen molar-refractivity contribution in [2.75, 3.05) is 32.8 Å². The first-order valence-electron chi connectivity index (χ1n) is 7.26. The summed E-state index contributed by atoms with van der Waals surface area (Å²) in [6.45, 7) is 10.2. The first-order valence-corrected chi connectivity index (χ1v) is 7.26. The molecule has 0 aliphatic rings. The normalized spacial score (nSPS) is 10.2. The lowest BCUT2D eigenvalue weighted by molar-refractivity contribution is 0.222. The molecule has 110 valence electrons. The topological polar surface area (TPSA) is 32.7 Å². The summed E-state index contributed by atoms with van der Waals surface area (Å²) in [6, 6.07) is 5.95. The Hall–Kier alpha value is -1.50. The number of aryl methyl sites for hydroxylation is 1. The van der Waals surface area contributed by atoms with Gasteiger partial charge in [-0.3, -0.25) is 0 Å². The molecule has 0 radical (unpaired) electrons. The number of aliphatic hydroxyl groups excluding tert-OH is 1. The molecule has 0 saturated heterocycles. The highest BCUT2D eigenvalue weighted by Gasteiger charge is 2.01. The molecule has 0 aromatic heterocycles. The molecule has 3 heteroatoms. The van der Waals surface area contributed by atoms with Crippen molar-refractivity contribution in [1.82, 2.24) is 4.90 Å². The second-order valence-corrected chi connectivity index (χ2v) is 4.63. The van der Waals surface area contributed by atoms with Gasteiger partial charge in [-0.2, -0.15) is 0 Å². The lowest BCUT2D eigenvalue weighted by Gasteiger charge is -2.18. The summed E-state index contributed by atoms with van der Waals surface area (Å²) >= 11 is 0. The van der Waals surface area contributed by atoms with Gasteiger partial charge in [0.25, 0.3) is 0 Å². The molecule has 0 bridgehead atoms. The van der Waals surface area contributed by atoms with Gasteiger partial charge in [0.1, 0.15) is 12.4 Å². The van der Waals surface area contributed by atoms with E-state index < -0.39 is 0 Å². The Morgan fingerprint density at radius 2 is 2.00 bits per heavy atom. The summed E-state index contributed by atoms with van der Waals surface area (Å²) < 4.78 is 5.77. The highest BCUT2D eigenvalue weighted by Crippen LogP contribution is 2.16. The van der Waals surface area contributed by atoms with E-state index in [-0.39, 0.29) is 6.61 Å². The van der Waals surface area contributed by atoms with Gasteiger partial charge in [0.2, 0.25) is 0 Å². The van der Waals surface area contributed by atoms with E-state index in [1.54, 1.807) is 0 Å². The number of aliphatic hydroxyl groups is 1. The molecule has 0 aliphatic carbocycles. The minimum atomic E-state index is 0.110. The molecule has 1 N–H and O–H groups in total. The molecular weight excluding hydrogens is 250 g/mol. The van der Waals surface area contributed by atoms with E-state index in [0.29, 0.717) is 13.0 Å². The van der Waals surface area contributed by atoms with Crippen LogP contribution < -0.4 is 4.74 Å². The van der Waals surface area contributed by atoms with Crippen molar-refractivity contribution in [1.29, 1.82) is 0 Å². The molecule has 0 aliphatic heterocycles. The molecule has 3 nitrogen and oxygen atoms in total. The van der Waals surface area contributed by atoms with Gasteiger partial charge < -0.3 is 14.7 Å². The molecule has 0 unspecified atom stereocenters. The van der Waals surface area contributed by atoms with Gasteiger partial charge in [-0.15, -0.1) is 0 Å². The van der Waals surface area contributed by atoms with Crippen LogP contribution in [0.3, 0.4) is 0 Å². The fourth-order valence-corrected chi connectivity index (χ4v) is 1.91. The molecule has 0 amide bonds. The van der Waals surface area contributed by atoms with Gasteiger partial charge in [0, 0.05) is 18.5 Å². The first-order chi connectivity index (χ1) is 9.71. The Labute approximate surface area is 122 Å². The van der Waals surface area contributed by atoms with Crippen LogP contribution in [0.25, 0.3) is 0 Å². The van der Waals surface area contributed by atoms with E-state index in [2.05, 4.69) is 30.6 Å². The summed E-state index contributed by atoms with van der Waals surface area (Å²) in [5.41, 5.74) is 2.10. The third-order valence-electron chi connectivity index (χ3n) is 3.23. The van der Waals surface area contributed by atoms with Crippen LogP contribution in [0.2, 0.25) is 0 Å². The zero-order chi connectivity index (χ0) is 14.8. The van der Waals surface area contributed by atoms with Crippen LogP contribution in [0.15, 0.2) is 18.2 Å². The number of benzene rings is 1. The van der Waals surface area contributed by atoms with Gasteiger partial charge in [-0.05, 0) is 43.8 Å². The van der Waals surface area contributed by atoms with Crippen LogP contribution in [0.5, 0.6) is 5.75 Å². The van der Waals surface area contributed by atoms with Crippen LogP contribution >= 0.6 is 0 Å². The Kier molecular flexibility index (Phi) is 7.79. The monoisotopic (exact) mass is 275 g/mol. The third kappa shape index (κ3) is 5.64. The van der Waals surface area contributed by atoms with Gasteiger partial charge in [0.15, 0.2) is 0 Å². The maximum atomic E-state index is 8.71. The van der Waals surface area contributed by atoms with Gasteiger partial charge in [-0.25, -0.2) is 0 Å².